The van der Waals surface area contributed by atoms with E-state index in [-0.39, 0.29) is 29.7 Å². The molecule has 2 heterocycles. The lowest BCUT2D eigenvalue weighted by Gasteiger charge is -2.62. The Morgan fingerprint density at radius 3 is 2.38 bits per heavy atom. The minimum atomic E-state index is 0.0148. The summed E-state index contributed by atoms with van der Waals surface area (Å²) in [6, 6.07) is 2.70. The van der Waals surface area contributed by atoms with Gasteiger partial charge in [0.25, 0.3) is 0 Å². The van der Waals surface area contributed by atoms with Crippen LogP contribution >= 0.6 is 0 Å². The van der Waals surface area contributed by atoms with Gasteiger partial charge in [-0.25, -0.2) is 0 Å². The number of allylic oxidation sites excluding steroid dienone is 7. The molecule has 2 aliphatic heterocycles. The Morgan fingerprint density at radius 2 is 1.52 bits per heavy atom. The number of nitrogens with one attached hydrogen (secondary N) is 3. The third-order valence-electron chi connectivity index (χ3n) is 16.7. The van der Waals surface area contributed by atoms with Crippen LogP contribution in [-0.2, 0) is 4.74 Å². The van der Waals surface area contributed by atoms with E-state index in [0.29, 0.717) is 41.9 Å². The molecule has 0 amide bonds. The summed E-state index contributed by atoms with van der Waals surface area (Å²) in [4.78, 5) is 0. The maximum atomic E-state index is 10.3. The summed E-state index contributed by atoms with van der Waals surface area (Å²) in [5.41, 5.74) is 1.75. The van der Waals surface area contributed by atoms with Crippen LogP contribution in [0.5, 0.6) is 0 Å². The van der Waals surface area contributed by atoms with Crippen molar-refractivity contribution in [1.82, 2.24) is 16.0 Å². The summed E-state index contributed by atoms with van der Waals surface area (Å²) in [5, 5.41) is 22.7. The first-order valence-electron chi connectivity index (χ1n) is 21.4. The van der Waals surface area contributed by atoms with Crippen LogP contribution in [0.1, 0.15) is 109 Å². The molecular formula is C45H62N4O. The molecule has 10 aliphatic rings. The summed E-state index contributed by atoms with van der Waals surface area (Å²) < 4.78 is 7.35. The van der Waals surface area contributed by atoms with Crippen molar-refractivity contribution in [3.63, 3.8) is 0 Å². The highest BCUT2D eigenvalue weighted by atomic mass is 16.5. The molecule has 0 aromatic heterocycles. The van der Waals surface area contributed by atoms with Gasteiger partial charge in [0.05, 0.1) is 42.7 Å². The van der Waals surface area contributed by atoms with Crippen molar-refractivity contribution in [3.8, 4) is 6.07 Å². The molecule has 0 radical (unpaired) electrons. The molecule has 3 N–H and O–H groups in total. The van der Waals surface area contributed by atoms with Crippen LogP contribution in [0, 0.1) is 81.8 Å². The van der Waals surface area contributed by atoms with Crippen molar-refractivity contribution in [2.75, 3.05) is 0 Å². The minimum absolute atomic E-state index is 0.0148. The fourth-order valence-corrected chi connectivity index (χ4v) is 14.8. The van der Waals surface area contributed by atoms with E-state index >= 15 is 0 Å². The van der Waals surface area contributed by atoms with Gasteiger partial charge in [0.1, 0.15) is 0 Å². The lowest BCUT2D eigenvalue weighted by Crippen LogP contribution is -2.71. The average molecular weight is 675 g/mol. The van der Waals surface area contributed by atoms with Crippen LogP contribution in [0.2, 0.25) is 0 Å². The van der Waals surface area contributed by atoms with Crippen molar-refractivity contribution >= 4 is 0 Å². The van der Waals surface area contributed by atoms with Gasteiger partial charge in [-0.05, 0) is 141 Å². The first kappa shape index (κ1) is 32.7. The number of nitrogens with zero attached hydrogens (tertiary/aromatic N) is 1. The van der Waals surface area contributed by atoms with Crippen molar-refractivity contribution in [3.05, 3.63) is 60.3 Å². The van der Waals surface area contributed by atoms with E-state index in [1.54, 1.807) is 5.57 Å². The lowest BCUT2D eigenvalue weighted by molar-refractivity contribution is -0.201. The van der Waals surface area contributed by atoms with E-state index in [1.807, 2.05) is 0 Å². The Balaban J connectivity index is 1.02. The van der Waals surface area contributed by atoms with Gasteiger partial charge in [0.2, 0.25) is 0 Å². The van der Waals surface area contributed by atoms with Gasteiger partial charge in [-0.1, -0.05) is 93.2 Å². The molecule has 0 aromatic rings. The smallest absolute Gasteiger partial charge is 0.0819 e. The van der Waals surface area contributed by atoms with Gasteiger partial charge < -0.3 is 4.74 Å². The third kappa shape index (κ3) is 5.27. The van der Waals surface area contributed by atoms with Gasteiger partial charge in [-0.2, -0.15) is 5.26 Å². The Kier molecular flexibility index (Phi) is 8.80. The number of hydrogen-bond donors (Lipinski definition) is 3. The molecular weight excluding hydrogens is 613 g/mol. The topological polar surface area (TPSA) is 69.1 Å². The zero-order chi connectivity index (χ0) is 33.2. The summed E-state index contributed by atoms with van der Waals surface area (Å²) in [6.45, 7) is 0. The molecule has 2 saturated heterocycles. The van der Waals surface area contributed by atoms with E-state index < -0.39 is 0 Å². The fourth-order valence-electron chi connectivity index (χ4n) is 14.8. The highest BCUT2D eigenvalue weighted by Crippen LogP contribution is 2.74. The maximum Gasteiger partial charge on any atom is 0.0819 e. The molecule has 5 nitrogen and oxygen atoms in total. The normalized spacial score (nSPS) is 51.1. The summed E-state index contributed by atoms with van der Waals surface area (Å²) in [7, 11) is 0. The molecule has 5 heteroatoms. The van der Waals surface area contributed by atoms with Crippen molar-refractivity contribution in [2.45, 2.75) is 140 Å². The zero-order valence-corrected chi connectivity index (χ0v) is 30.3. The molecule has 0 bridgehead atoms. The summed E-state index contributed by atoms with van der Waals surface area (Å²) in [5.74, 6) is 6.92. The Morgan fingerprint density at radius 1 is 0.700 bits per heavy atom. The predicted octanol–water partition coefficient (Wildman–Crippen LogP) is 8.69. The second-order valence-electron chi connectivity index (χ2n) is 18.6. The molecule has 6 fully saturated rings. The zero-order valence-electron chi connectivity index (χ0n) is 30.3. The minimum Gasteiger partial charge on any atom is -0.366 e. The van der Waals surface area contributed by atoms with Gasteiger partial charge in [0.15, 0.2) is 0 Å². The van der Waals surface area contributed by atoms with E-state index in [4.69, 9.17) is 4.74 Å². The monoisotopic (exact) mass is 674 g/mol. The van der Waals surface area contributed by atoms with Crippen molar-refractivity contribution < 1.29 is 4.74 Å². The standard InChI is InChI=1S/C45H62N4O/c46-27-28-19-24-39-38(25-28)45(35-18-10-9-17-34(35)41-33-16-8-7-11-29(33)20-23-37(41)45)36-22-21-32(26-40(36)50-39)44-48-42(30-12-3-1-4-13-30)47-43(49-44)31-14-5-2-6-15-31/h1,3,9-10,17-19,24,26,28-31,33-44,47-49H,2,4-8,11-16,20-23,25H2. The first-order valence-corrected chi connectivity index (χ1v) is 21.4. The highest BCUT2D eigenvalue weighted by molar-refractivity contribution is 5.33. The van der Waals surface area contributed by atoms with Crippen LogP contribution in [0.25, 0.3) is 0 Å². The number of rotatable bonds is 3. The van der Waals surface area contributed by atoms with Crippen LogP contribution in [0.3, 0.4) is 0 Å². The molecule has 8 aliphatic carbocycles. The second-order valence-corrected chi connectivity index (χ2v) is 18.6. The maximum absolute atomic E-state index is 10.3. The second kappa shape index (κ2) is 13.5. The quantitative estimate of drug-likeness (QED) is 0.262. The van der Waals surface area contributed by atoms with Gasteiger partial charge >= 0.3 is 0 Å². The first-order chi connectivity index (χ1) is 24.7. The lowest BCUT2D eigenvalue weighted by atomic mass is 9.46. The third-order valence-corrected chi connectivity index (χ3v) is 16.7. The molecule has 1 spiro atoms. The van der Waals surface area contributed by atoms with E-state index in [1.165, 1.54) is 96.3 Å². The van der Waals surface area contributed by atoms with Gasteiger partial charge in [-0.15, -0.1) is 0 Å². The highest BCUT2D eigenvalue weighted by Gasteiger charge is 2.71. The number of fused-ring (bicyclic) bond motifs is 11. The molecule has 4 saturated carbocycles. The fraction of sp³-hybridized carbons (Fsp3) is 0.756. The molecule has 16 atom stereocenters. The van der Waals surface area contributed by atoms with E-state index in [9.17, 15) is 5.26 Å². The number of nitriles is 1. The SMILES string of the molecule is N#CC1C=CC2OC3C=C(C4NC(C5CC=CCC5)NC(C5CCCCC5)N4)CCC3C3(C4C=CC=CC4C4C5CCCCC5CCC43)C2C1. The molecule has 0 aromatic carbocycles. The summed E-state index contributed by atoms with van der Waals surface area (Å²) in [6.07, 6.45) is 45.8. The van der Waals surface area contributed by atoms with Crippen molar-refractivity contribution in [1.29, 1.82) is 5.26 Å². The average Bonchev–Trinajstić information content (AvgIpc) is 3.49. The van der Waals surface area contributed by atoms with Crippen LogP contribution < -0.4 is 16.0 Å². The molecule has 10 rings (SSSR count). The molecule has 16 unspecified atom stereocenters. The Hall–Kier alpha value is -1.97. The number of ether oxygens (including phenoxy) is 1. The molecule has 50 heavy (non-hydrogen) atoms. The predicted molar refractivity (Wildman–Crippen MR) is 199 cm³/mol. The van der Waals surface area contributed by atoms with Crippen molar-refractivity contribution in [2.24, 2.45) is 70.5 Å². The van der Waals surface area contributed by atoms with E-state index in [0.717, 1.165) is 42.4 Å². The Bertz CT molecular complexity index is 1470. The Labute approximate surface area is 301 Å². The molecule has 268 valence electrons. The van der Waals surface area contributed by atoms with E-state index in [2.05, 4.69) is 76.7 Å². The van der Waals surface area contributed by atoms with Gasteiger partial charge in [-0.3, -0.25) is 16.0 Å². The van der Waals surface area contributed by atoms with Crippen LogP contribution in [-0.4, -0.2) is 30.7 Å². The van der Waals surface area contributed by atoms with Crippen LogP contribution in [0.15, 0.2) is 60.3 Å². The van der Waals surface area contributed by atoms with Crippen LogP contribution in [0.4, 0.5) is 0 Å². The van der Waals surface area contributed by atoms with Gasteiger partial charge in [0, 0.05) is 0 Å². The summed E-state index contributed by atoms with van der Waals surface area (Å²) >= 11 is 0. The largest absolute Gasteiger partial charge is 0.366 e. The number of hydrogen-bond acceptors (Lipinski definition) is 5.